The van der Waals surface area contributed by atoms with Crippen molar-refractivity contribution in [1.82, 2.24) is 21.1 Å². The van der Waals surface area contributed by atoms with Crippen LogP contribution in [0.25, 0.3) is 0 Å². The van der Waals surface area contributed by atoms with Crippen molar-refractivity contribution < 1.29 is 0 Å². The Morgan fingerprint density at radius 1 is 0.700 bits per heavy atom. The van der Waals surface area contributed by atoms with E-state index in [1.165, 1.54) is 0 Å². The van der Waals surface area contributed by atoms with Gasteiger partial charge in [-0.25, -0.2) is 0 Å². The fraction of sp³-hybridized carbons (Fsp3) is 0. The monoisotopic (exact) mass is 144 g/mol. The molecule has 0 amide bonds. The van der Waals surface area contributed by atoms with Gasteiger partial charge in [-0.2, -0.15) is 15.0 Å². The number of hydrogen-bond acceptors (Lipinski definition) is 6. The average Bonchev–Trinajstić information content (AvgIpc) is 1.59. The Bertz CT molecular complexity index is 170. The molecular weight excluding hydrogens is 134 g/mol. The van der Waals surface area contributed by atoms with Gasteiger partial charge in [-0.05, 0) is 0 Å². The summed E-state index contributed by atoms with van der Waals surface area (Å²) in [5.74, 6) is 0.125. The maximum absolute atomic E-state index is 5.14. The fourth-order valence-corrected chi connectivity index (χ4v) is 0.427. The van der Waals surface area contributed by atoms with Gasteiger partial charge in [0.15, 0.2) is 0 Å². The molecule has 1 aromatic heterocycles. The zero-order valence-electron chi connectivity index (χ0n) is 5.57. The summed E-state index contributed by atoms with van der Waals surface area (Å²) < 4.78 is 0. The molecule has 7 nitrogen and oxygen atoms in total. The summed E-state index contributed by atoms with van der Waals surface area (Å²) in [5, 5.41) is 0. The van der Waals surface area contributed by atoms with Crippen molar-refractivity contribution >= 4 is 17.8 Å². The highest BCUT2D eigenvalue weighted by Gasteiger charge is 1.93. The summed E-state index contributed by atoms with van der Waals surface area (Å²) in [4.78, 5) is 10.5. The molecule has 0 saturated carbocycles. The second-order valence-corrected chi connectivity index (χ2v) is 1.41. The van der Waals surface area contributed by atoms with E-state index in [0.717, 1.165) is 0 Å². The molecule has 1 heterocycles. The Kier molecular flexibility index (Phi) is 2.33. The highest BCUT2D eigenvalue weighted by atomic mass is 15.2. The van der Waals surface area contributed by atoms with Crippen LogP contribution in [-0.4, -0.2) is 15.0 Å². The SMILES string of the molecule is Nc1nc(N)nc(N)n1.[NH4+]. The van der Waals surface area contributed by atoms with Crippen LogP contribution in [0.15, 0.2) is 0 Å². The van der Waals surface area contributed by atoms with E-state index in [9.17, 15) is 0 Å². The van der Waals surface area contributed by atoms with Crippen molar-refractivity contribution in [2.24, 2.45) is 0 Å². The van der Waals surface area contributed by atoms with Crippen molar-refractivity contribution in [2.45, 2.75) is 0 Å². The number of hydrogen-bond donors (Lipinski definition) is 4. The number of rotatable bonds is 0. The zero-order chi connectivity index (χ0) is 6.85. The Balaban J connectivity index is 0.000000810. The Labute approximate surface area is 57.2 Å². The standard InChI is InChI=1S/C3H6N6.H3N/c4-1-7-2(5)9-3(6)8-1;/h(H6,4,5,6,7,8,9);1H3/p+1. The van der Waals surface area contributed by atoms with E-state index in [4.69, 9.17) is 17.2 Å². The molecule has 0 spiro atoms. The molecule has 0 aromatic carbocycles. The van der Waals surface area contributed by atoms with E-state index >= 15 is 0 Å². The summed E-state index contributed by atoms with van der Waals surface area (Å²) >= 11 is 0. The van der Waals surface area contributed by atoms with Gasteiger partial charge in [-0.15, -0.1) is 0 Å². The van der Waals surface area contributed by atoms with E-state index in [1.54, 1.807) is 0 Å². The maximum atomic E-state index is 5.14. The first kappa shape index (κ1) is 8.37. The van der Waals surface area contributed by atoms with Gasteiger partial charge in [-0.3, -0.25) is 0 Å². The molecule has 0 aliphatic heterocycles. The Morgan fingerprint density at radius 2 is 0.900 bits per heavy atom. The quantitative estimate of drug-likeness (QED) is 0.366. The Morgan fingerprint density at radius 3 is 1.10 bits per heavy atom. The van der Waals surface area contributed by atoms with Gasteiger partial charge in [0.05, 0.1) is 0 Å². The fourth-order valence-electron chi connectivity index (χ4n) is 0.427. The van der Waals surface area contributed by atoms with Crippen LogP contribution in [0.5, 0.6) is 0 Å². The van der Waals surface area contributed by atoms with E-state index < -0.39 is 0 Å². The molecule has 0 saturated heterocycles. The van der Waals surface area contributed by atoms with Gasteiger partial charge in [0.1, 0.15) is 0 Å². The summed E-state index contributed by atoms with van der Waals surface area (Å²) in [5.41, 5.74) is 15.4. The lowest BCUT2D eigenvalue weighted by Gasteiger charge is -1.93. The number of anilines is 3. The first-order chi connectivity index (χ1) is 4.18. The minimum Gasteiger partial charge on any atom is -0.369 e. The smallest absolute Gasteiger partial charge is 0.226 e. The third-order valence-electron chi connectivity index (χ3n) is 0.687. The number of aromatic nitrogens is 3. The number of nitrogens with zero attached hydrogens (tertiary/aromatic N) is 3. The molecule has 1 rings (SSSR count). The molecule has 0 aliphatic rings. The average molecular weight is 144 g/mol. The van der Waals surface area contributed by atoms with Crippen molar-refractivity contribution in [3.8, 4) is 0 Å². The third-order valence-corrected chi connectivity index (χ3v) is 0.687. The van der Waals surface area contributed by atoms with E-state index in [-0.39, 0.29) is 24.0 Å². The van der Waals surface area contributed by atoms with Crippen molar-refractivity contribution in [2.75, 3.05) is 17.2 Å². The first-order valence-corrected chi connectivity index (χ1v) is 2.21. The molecular formula is C3H10N7+. The van der Waals surface area contributed by atoms with Crippen LogP contribution in [0.1, 0.15) is 0 Å². The second kappa shape index (κ2) is 2.78. The molecule has 0 unspecified atom stereocenters. The molecule has 0 radical (unpaired) electrons. The predicted molar refractivity (Wildman–Crippen MR) is 39.0 cm³/mol. The third kappa shape index (κ3) is 1.71. The minimum atomic E-state index is 0. The lowest BCUT2D eigenvalue weighted by Crippen LogP contribution is -2.05. The largest absolute Gasteiger partial charge is 0.369 e. The van der Waals surface area contributed by atoms with Crippen LogP contribution in [0, 0.1) is 0 Å². The van der Waals surface area contributed by atoms with Gasteiger partial charge < -0.3 is 23.4 Å². The van der Waals surface area contributed by atoms with E-state index in [0.29, 0.717) is 0 Å². The van der Waals surface area contributed by atoms with Crippen LogP contribution < -0.4 is 23.4 Å². The van der Waals surface area contributed by atoms with Crippen LogP contribution in [0.4, 0.5) is 17.8 Å². The molecule has 10 heavy (non-hydrogen) atoms. The van der Waals surface area contributed by atoms with Gasteiger partial charge >= 0.3 is 0 Å². The van der Waals surface area contributed by atoms with Gasteiger partial charge in [-0.1, -0.05) is 0 Å². The van der Waals surface area contributed by atoms with Crippen molar-refractivity contribution in [3.63, 3.8) is 0 Å². The molecule has 56 valence electrons. The molecule has 0 aliphatic carbocycles. The van der Waals surface area contributed by atoms with E-state index in [1.807, 2.05) is 0 Å². The highest BCUT2D eigenvalue weighted by molar-refractivity contribution is 5.33. The molecule has 10 N–H and O–H groups in total. The maximum Gasteiger partial charge on any atom is 0.226 e. The summed E-state index contributed by atoms with van der Waals surface area (Å²) in [6, 6.07) is 0. The highest BCUT2D eigenvalue weighted by Crippen LogP contribution is 1.97. The number of nitrogen functional groups attached to an aromatic ring is 3. The lowest BCUT2D eigenvalue weighted by atomic mass is 10.9. The van der Waals surface area contributed by atoms with Crippen molar-refractivity contribution in [1.29, 1.82) is 0 Å². The van der Waals surface area contributed by atoms with Crippen LogP contribution in [0.3, 0.4) is 0 Å². The van der Waals surface area contributed by atoms with Gasteiger partial charge in [0.25, 0.3) is 0 Å². The van der Waals surface area contributed by atoms with Crippen LogP contribution in [0.2, 0.25) is 0 Å². The molecule has 0 atom stereocenters. The predicted octanol–water partition coefficient (Wildman–Crippen LogP) is -1.01. The van der Waals surface area contributed by atoms with E-state index in [2.05, 4.69) is 15.0 Å². The number of nitrogens with two attached hydrogens (primary N) is 3. The zero-order valence-corrected chi connectivity index (χ0v) is 5.57. The summed E-state index contributed by atoms with van der Waals surface area (Å²) in [7, 11) is 0. The molecule has 0 bridgehead atoms. The van der Waals surface area contributed by atoms with Gasteiger partial charge in [0.2, 0.25) is 17.8 Å². The van der Waals surface area contributed by atoms with Crippen LogP contribution in [-0.2, 0) is 0 Å². The lowest BCUT2D eigenvalue weighted by molar-refractivity contribution is 1.09. The first-order valence-electron chi connectivity index (χ1n) is 2.21. The molecule has 0 fully saturated rings. The van der Waals surface area contributed by atoms with Gasteiger partial charge in [0, 0.05) is 0 Å². The summed E-state index contributed by atoms with van der Waals surface area (Å²) in [6.07, 6.45) is 0. The van der Waals surface area contributed by atoms with Crippen molar-refractivity contribution in [3.05, 3.63) is 0 Å². The number of quaternary nitrogens is 1. The topological polar surface area (TPSA) is 153 Å². The molecule has 1 aromatic rings. The van der Waals surface area contributed by atoms with Crippen LogP contribution >= 0.6 is 0 Å². The molecule has 7 heteroatoms. The second-order valence-electron chi connectivity index (χ2n) is 1.41. The summed E-state index contributed by atoms with van der Waals surface area (Å²) in [6.45, 7) is 0. The Hall–Kier alpha value is -1.63. The minimum absolute atomic E-state index is 0. The normalized spacial score (nSPS) is 8.40.